The molecule has 0 spiro atoms. The molecule has 0 saturated heterocycles. The second kappa shape index (κ2) is 9.50. The second-order valence-electron chi connectivity index (χ2n) is 6.29. The number of nitrogens with one attached hydrogen (secondary N) is 2. The Balaban J connectivity index is 1.75. The van der Waals surface area contributed by atoms with Gasteiger partial charge in [-0.2, -0.15) is 0 Å². The van der Waals surface area contributed by atoms with Crippen molar-refractivity contribution in [1.29, 1.82) is 0 Å². The van der Waals surface area contributed by atoms with Gasteiger partial charge in [-0.05, 0) is 23.8 Å². The molecule has 0 aliphatic rings. The van der Waals surface area contributed by atoms with Gasteiger partial charge in [0.15, 0.2) is 11.5 Å². The van der Waals surface area contributed by atoms with Crippen molar-refractivity contribution in [3.8, 4) is 17.2 Å². The zero-order chi connectivity index (χ0) is 20.6. The molecule has 29 heavy (non-hydrogen) atoms. The maximum atomic E-state index is 12.5. The molecule has 150 valence electrons. The topological polar surface area (TPSA) is 68.8 Å². The zero-order valence-corrected chi connectivity index (χ0v) is 16.7. The van der Waals surface area contributed by atoms with Gasteiger partial charge in [0.1, 0.15) is 0 Å². The van der Waals surface area contributed by atoms with Crippen LogP contribution in [0.4, 0.5) is 11.4 Å². The van der Waals surface area contributed by atoms with Crippen molar-refractivity contribution in [3.05, 3.63) is 77.9 Å². The minimum absolute atomic E-state index is 0.137. The molecule has 0 radical (unpaired) electrons. The summed E-state index contributed by atoms with van der Waals surface area (Å²) in [5, 5.41) is 6.21. The van der Waals surface area contributed by atoms with Crippen molar-refractivity contribution in [3.63, 3.8) is 0 Å². The minimum atomic E-state index is -0.137. The molecule has 0 heterocycles. The van der Waals surface area contributed by atoms with E-state index in [1.807, 2.05) is 54.6 Å². The van der Waals surface area contributed by atoms with Gasteiger partial charge in [0.25, 0.3) is 5.91 Å². The van der Waals surface area contributed by atoms with Gasteiger partial charge < -0.3 is 24.8 Å². The summed E-state index contributed by atoms with van der Waals surface area (Å²) in [6.07, 6.45) is 0. The summed E-state index contributed by atoms with van der Waals surface area (Å²) < 4.78 is 16.1. The Morgan fingerprint density at radius 1 is 0.793 bits per heavy atom. The van der Waals surface area contributed by atoms with Crippen LogP contribution < -0.4 is 24.8 Å². The van der Waals surface area contributed by atoms with E-state index in [0.29, 0.717) is 29.4 Å². The lowest BCUT2D eigenvalue weighted by Crippen LogP contribution is -2.22. The Hall–Kier alpha value is -3.67. The molecule has 0 unspecified atom stereocenters. The van der Waals surface area contributed by atoms with E-state index in [1.165, 1.54) is 0 Å². The summed E-state index contributed by atoms with van der Waals surface area (Å²) in [7, 11) is 4.70. The third-order valence-corrected chi connectivity index (χ3v) is 4.37. The first kappa shape index (κ1) is 20.1. The Morgan fingerprint density at radius 3 is 2.10 bits per heavy atom. The SMILES string of the molecule is COc1cc(Nc2cccc(C(=O)NCc3ccccc3)c2)cc(OC)c1OC. The number of ether oxygens (including phenoxy) is 3. The third kappa shape index (κ3) is 4.99. The van der Waals surface area contributed by atoms with Crippen LogP contribution in [0.5, 0.6) is 17.2 Å². The summed E-state index contributed by atoms with van der Waals surface area (Å²) >= 11 is 0. The van der Waals surface area contributed by atoms with Gasteiger partial charge in [-0.3, -0.25) is 4.79 Å². The van der Waals surface area contributed by atoms with E-state index in [2.05, 4.69) is 10.6 Å². The van der Waals surface area contributed by atoms with Crippen LogP contribution in [0, 0.1) is 0 Å². The van der Waals surface area contributed by atoms with E-state index in [0.717, 1.165) is 16.9 Å². The number of carbonyl (C=O) groups is 1. The van der Waals surface area contributed by atoms with Crippen LogP contribution in [-0.4, -0.2) is 27.2 Å². The first-order chi connectivity index (χ1) is 14.1. The highest BCUT2D eigenvalue weighted by atomic mass is 16.5. The fourth-order valence-corrected chi connectivity index (χ4v) is 2.94. The standard InChI is InChI=1S/C23H24N2O4/c1-27-20-13-19(14-21(28-2)22(20)29-3)25-18-11-7-10-17(12-18)23(26)24-15-16-8-5-4-6-9-16/h4-14,25H,15H2,1-3H3,(H,24,26). The summed E-state index contributed by atoms with van der Waals surface area (Å²) in [6, 6.07) is 20.7. The van der Waals surface area contributed by atoms with Gasteiger partial charge in [0.2, 0.25) is 5.75 Å². The van der Waals surface area contributed by atoms with E-state index in [1.54, 1.807) is 33.5 Å². The van der Waals surface area contributed by atoms with Gasteiger partial charge in [0, 0.05) is 35.6 Å². The summed E-state index contributed by atoms with van der Waals surface area (Å²) in [4.78, 5) is 12.5. The molecule has 0 atom stereocenters. The van der Waals surface area contributed by atoms with Crippen LogP contribution in [-0.2, 0) is 6.54 Å². The van der Waals surface area contributed by atoms with Gasteiger partial charge in [-0.1, -0.05) is 36.4 Å². The Labute approximate surface area is 170 Å². The summed E-state index contributed by atoms with van der Waals surface area (Å²) in [5.41, 5.74) is 3.14. The average Bonchev–Trinajstić information content (AvgIpc) is 2.77. The highest BCUT2D eigenvalue weighted by Crippen LogP contribution is 2.40. The first-order valence-electron chi connectivity index (χ1n) is 9.14. The van der Waals surface area contributed by atoms with E-state index < -0.39 is 0 Å². The van der Waals surface area contributed by atoms with Crippen molar-refractivity contribution < 1.29 is 19.0 Å². The zero-order valence-electron chi connectivity index (χ0n) is 16.7. The molecule has 0 aromatic heterocycles. The fourth-order valence-electron chi connectivity index (χ4n) is 2.94. The van der Waals surface area contributed by atoms with Crippen molar-refractivity contribution in [1.82, 2.24) is 5.32 Å². The van der Waals surface area contributed by atoms with Crippen molar-refractivity contribution in [2.24, 2.45) is 0 Å². The molecule has 0 aliphatic heterocycles. The molecule has 6 heteroatoms. The van der Waals surface area contributed by atoms with Crippen molar-refractivity contribution in [2.45, 2.75) is 6.54 Å². The number of rotatable bonds is 8. The monoisotopic (exact) mass is 392 g/mol. The molecule has 3 aromatic rings. The Morgan fingerprint density at radius 2 is 1.48 bits per heavy atom. The Kier molecular flexibility index (Phi) is 6.58. The van der Waals surface area contributed by atoms with E-state index in [-0.39, 0.29) is 5.91 Å². The molecule has 2 N–H and O–H groups in total. The van der Waals surface area contributed by atoms with Crippen molar-refractivity contribution >= 4 is 17.3 Å². The number of hydrogen-bond donors (Lipinski definition) is 2. The summed E-state index contributed by atoms with van der Waals surface area (Å²) in [6.45, 7) is 0.476. The molecule has 0 bridgehead atoms. The molecule has 3 aromatic carbocycles. The maximum Gasteiger partial charge on any atom is 0.251 e. The number of benzene rings is 3. The lowest BCUT2D eigenvalue weighted by Gasteiger charge is -2.15. The molecule has 6 nitrogen and oxygen atoms in total. The quantitative estimate of drug-likeness (QED) is 0.595. The third-order valence-electron chi connectivity index (χ3n) is 4.37. The normalized spacial score (nSPS) is 10.2. The molecule has 0 saturated carbocycles. The summed E-state index contributed by atoms with van der Waals surface area (Å²) in [5.74, 6) is 1.48. The number of methoxy groups -OCH3 is 3. The highest BCUT2D eigenvalue weighted by molar-refractivity contribution is 5.95. The van der Waals surface area contributed by atoms with E-state index in [9.17, 15) is 4.79 Å². The van der Waals surface area contributed by atoms with E-state index in [4.69, 9.17) is 14.2 Å². The molecule has 0 aliphatic carbocycles. The second-order valence-corrected chi connectivity index (χ2v) is 6.29. The number of hydrogen-bond acceptors (Lipinski definition) is 5. The molecule has 0 fully saturated rings. The number of anilines is 2. The van der Waals surface area contributed by atoms with Crippen LogP contribution in [0.25, 0.3) is 0 Å². The van der Waals surface area contributed by atoms with Crippen LogP contribution in [0.1, 0.15) is 15.9 Å². The number of carbonyl (C=O) groups excluding carboxylic acids is 1. The average molecular weight is 392 g/mol. The van der Waals surface area contributed by atoms with Gasteiger partial charge in [0.05, 0.1) is 21.3 Å². The highest BCUT2D eigenvalue weighted by Gasteiger charge is 2.14. The van der Waals surface area contributed by atoms with Crippen LogP contribution >= 0.6 is 0 Å². The lowest BCUT2D eigenvalue weighted by atomic mass is 10.1. The molecule has 3 rings (SSSR count). The predicted molar refractivity (Wildman–Crippen MR) is 113 cm³/mol. The van der Waals surface area contributed by atoms with Crippen LogP contribution in [0.3, 0.4) is 0 Å². The first-order valence-corrected chi connectivity index (χ1v) is 9.14. The maximum absolute atomic E-state index is 12.5. The van der Waals surface area contributed by atoms with Gasteiger partial charge >= 0.3 is 0 Å². The van der Waals surface area contributed by atoms with Gasteiger partial charge in [-0.15, -0.1) is 0 Å². The number of amides is 1. The molecule has 1 amide bonds. The van der Waals surface area contributed by atoms with E-state index >= 15 is 0 Å². The largest absolute Gasteiger partial charge is 0.493 e. The van der Waals surface area contributed by atoms with Crippen LogP contribution in [0.15, 0.2) is 66.7 Å². The van der Waals surface area contributed by atoms with Crippen LogP contribution in [0.2, 0.25) is 0 Å². The van der Waals surface area contributed by atoms with Gasteiger partial charge in [-0.25, -0.2) is 0 Å². The molecular formula is C23H24N2O4. The lowest BCUT2D eigenvalue weighted by molar-refractivity contribution is 0.0951. The van der Waals surface area contributed by atoms with Crippen molar-refractivity contribution in [2.75, 3.05) is 26.6 Å². The fraction of sp³-hybridized carbons (Fsp3) is 0.174. The Bertz CT molecular complexity index is 949. The molecular weight excluding hydrogens is 368 g/mol. The smallest absolute Gasteiger partial charge is 0.251 e. The predicted octanol–water partition coefficient (Wildman–Crippen LogP) is 4.39. The minimum Gasteiger partial charge on any atom is -0.493 e.